The summed E-state index contributed by atoms with van der Waals surface area (Å²) in [5.74, 6) is 1.57. The molecule has 0 atom stereocenters. The van der Waals surface area contributed by atoms with Gasteiger partial charge >= 0.3 is 0 Å². The van der Waals surface area contributed by atoms with E-state index < -0.39 is 0 Å². The molecule has 0 unspecified atom stereocenters. The quantitative estimate of drug-likeness (QED) is 0.817. The fourth-order valence-corrected chi connectivity index (χ4v) is 1.54. The highest BCUT2D eigenvalue weighted by atomic mass is 16.5. The summed E-state index contributed by atoms with van der Waals surface area (Å²) < 4.78 is 12.6. The van der Waals surface area contributed by atoms with Crippen molar-refractivity contribution in [2.45, 2.75) is 40.3 Å². The van der Waals surface area contributed by atoms with Crippen LogP contribution in [0.2, 0.25) is 0 Å². The van der Waals surface area contributed by atoms with Gasteiger partial charge in [-0.2, -0.15) is 5.10 Å². The van der Waals surface area contributed by atoms with Crippen molar-refractivity contribution in [1.29, 1.82) is 0 Å². The zero-order chi connectivity index (χ0) is 12.4. The fourth-order valence-electron chi connectivity index (χ4n) is 1.54. The van der Waals surface area contributed by atoms with Crippen LogP contribution in [0.4, 0.5) is 0 Å². The molecule has 0 aromatic carbocycles. The first-order valence-electron chi connectivity index (χ1n) is 5.66. The van der Waals surface area contributed by atoms with E-state index in [0.717, 1.165) is 22.8 Å². The predicted octanol–water partition coefficient (Wildman–Crippen LogP) is 2.65. The molecule has 0 aliphatic carbocycles. The molecule has 0 saturated heterocycles. The number of nitrogens with zero attached hydrogens (tertiary/aromatic N) is 3. The van der Waals surface area contributed by atoms with Crippen molar-refractivity contribution in [3.63, 3.8) is 0 Å². The van der Waals surface area contributed by atoms with Crippen LogP contribution in [0.3, 0.4) is 0 Å². The van der Waals surface area contributed by atoms with Crippen LogP contribution >= 0.6 is 0 Å². The molecule has 2 aromatic rings. The molecular weight excluding hydrogens is 218 g/mol. The molecule has 2 rings (SSSR count). The smallest absolute Gasteiger partial charge is 0.157 e. The van der Waals surface area contributed by atoms with Crippen molar-refractivity contribution >= 4 is 0 Å². The first-order valence-corrected chi connectivity index (χ1v) is 5.66. The second-order valence-electron chi connectivity index (χ2n) is 4.34. The van der Waals surface area contributed by atoms with Gasteiger partial charge in [0.05, 0.1) is 23.7 Å². The first kappa shape index (κ1) is 11.7. The number of aromatic nitrogens is 3. The zero-order valence-corrected chi connectivity index (χ0v) is 10.6. The molecule has 5 heteroatoms. The molecule has 17 heavy (non-hydrogen) atoms. The SMILES string of the molecule is Cc1noc(C)c1COc1cnn(C(C)C)c1. The van der Waals surface area contributed by atoms with Crippen molar-refractivity contribution in [1.82, 2.24) is 14.9 Å². The van der Waals surface area contributed by atoms with Crippen molar-refractivity contribution in [3.8, 4) is 5.75 Å². The van der Waals surface area contributed by atoms with Gasteiger partial charge in [-0.15, -0.1) is 0 Å². The monoisotopic (exact) mass is 235 g/mol. The third kappa shape index (κ3) is 2.49. The third-order valence-electron chi connectivity index (χ3n) is 2.67. The highest BCUT2D eigenvalue weighted by molar-refractivity contribution is 5.21. The Morgan fingerprint density at radius 3 is 2.71 bits per heavy atom. The molecule has 2 aromatic heterocycles. The maximum absolute atomic E-state index is 5.66. The predicted molar refractivity (Wildman–Crippen MR) is 62.9 cm³/mol. The van der Waals surface area contributed by atoms with Gasteiger partial charge in [0.1, 0.15) is 12.4 Å². The third-order valence-corrected chi connectivity index (χ3v) is 2.67. The molecule has 0 aliphatic heterocycles. The molecule has 2 heterocycles. The van der Waals surface area contributed by atoms with Gasteiger partial charge in [-0.25, -0.2) is 0 Å². The summed E-state index contributed by atoms with van der Waals surface area (Å²) in [7, 11) is 0. The Morgan fingerprint density at radius 1 is 1.41 bits per heavy atom. The zero-order valence-electron chi connectivity index (χ0n) is 10.6. The van der Waals surface area contributed by atoms with Crippen LogP contribution in [0.15, 0.2) is 16.9 Å². The van der Waals surface area contributed by atoms with Gasteiger partial charge < -0.3 is 9.26 Å². The summed E-state index contributed by atoms with van der Waals surface area (Å²) >= 11 is 0. The summed E-state index contributed by atoms with van der Waals surface area (Å²) in [5.41, 5.74) is 1.88. The van der Waals surface area contributed by atoms with E-state index in [2.05, 4.69) is 24.1 Å². The lowest BCUT2D eigenvalue weighted by Gasteiger charge is -2.04. The van der Waals surface area contributed by atoms with E-state index >= 15 is 0 Å². The van der Waals surface area contributed by atoms with Gasteiger partial charge in [-0.3, -0.25) is 4.68 Å². The fraction of sp³-hybridized carbons (Fsp3) is 0.500. The summed E-state index contributed by atoms with van der Waals surface area (Å²) in [6.45, 7) is 8.41. The van der Waals surface area contributed by atoms with Crippen LogP contribution in [0.5, 0.6) is 5.75 Å². The lowest BCUT2D eigenvalue weighted by atomic mass is 10.2. The first-order chi connectivity index (χ1) is 8.08. The number of hydrogen-bond donors (Lipinski definition) is 0. The lowest BCUT2D eigenvalue weighted by Crippen LogP contribution is -2.00. The molecule has 0 aliphatic rings. The molecule has 0 saturated carbocycles. The molecule has 92 valence electrons. The molecule has 0 spiro atoms. The van der Waals surface area contributed by atoms with Crippen LogP contribution in [-0.2, 0) is 6.61 Å². The van der Waals surface area contributed by atoms with Crippen molar-refractivity contribution in [3.05, 3.63) is 29.4 Å². The molecule has 0 bridgehead atoms. The Balaban J connectivity index is 2.02. The van der Waals surface area contributed by atoms with Gasteiger partial charge in [-0.1, -0.05) is 5.16 Å². The summed E-state index contributed by atoms with van der Waals surface area (Å²) in [6.07, 6.45) is 3.61. The average molecular weight is 235 g/mol. The van der Waals surface area contributed by atoms with E-state index in [0.29, 0.717) is 12.6 Å². The molecule has 0 N–H and O–H groups in total. The maximum Gasteiger partial charge on any atom is 0.157 e. The summed E-state index contributed by atoms with van der Waals surface area (Å²) in [5, 5.41) is 8.10. The van der Waals surface area contributed by atoms with Gasteiger partial charge in [0.2, 0.25) is 0 Å². The van der Waals surface area contributed by atoms with Crippen LogP contribution < -0.4 is 4.74 Å². The highest BCUT2D eigenvalue weighted by Gasteiger charge is 2.10. The minimum absolute atomic E-state index is 0.339. The van der Waals surface area contributed by atoms with E-state index in [1.807, 2.05) is 24.7 Å². The number of hydrogen-bond acceptors (Lipinski definition) is 4. The van der Waals surface area contributed by atoms with Gasteiger partial charge in [0.15, 0.2) is 5.75 Å². The summed E-state index contributed by atoms with van der Waals surface area (Å²) in [4.78, 5) is 0. The molecular formula is C12H17N3O2. The summed E-state index contributed by atoms with van der Waals surface area (Å²) in [6, 6.07) is 0.339. The average Bonchev–Trinajstić information content (AvgIpc) is 2.85. The second kappa shape index (κ2) is 4.61. The lowest BCUT2D eigenvalue weighted by molar-refractivity contribution is 0.301. The van der Waals surface area contributed by atoms with Gasteiger partial charge in [0, 0.05) is 6.04 Å². The topological polar surface area (TPSA) is 53.1 Å². The molecule has 5 nitrogen and oxygen atoms in total. The highest BCUT2D eigenvalue weighted by Crippen LogP contribution is 2.17. The maximum atomic E-state index is 5.66. The Kier molecular flexibility index (Phi) is 3.17. The molecule has 0 radical (unpaired) electrons. The Bertz CT molecular complexity index is 480. The van der Waals surface area contributed by atoms with Gasteiger partial charge in [-0.05, 0) is 27.7 Å². The van der Waals surface area contributed by atoms with Gasteiger partial charge in [0.25, 0.3) is 0 Å². The van der Waals surface area contributed by atoms with E-state index in [9.17, 15) is 0 Å². The van der Waals surface area contributed by atoms with Crippen LogP contribution in [0.1, 0.15) is 36.9 Å². The molecule has 0 amide bonds. The van der Waals surface area contributed by atoms with Crippen LogP contribution in [0, 0.1) is 13.8 Å². The second-order valence-corrected chi connectivity index (χ2v) is 4.34. The van der Waals surface area contributed by atoms with Crippen LogP contribution in [0.25, 0.3) is 0 Å². The normalized spacial score (nSPS) is 11.1. The van der Waals surface area contributed by atoms with E-state index in [4.69, 9.17) is 9.26 Å². The van der Waals surface area contributed by atoms with Crippen molar-refractivity contribution in [2.24, 2.45) is 0 Å². The van der Waals surface area contributed by atoms with E-state index in [-0.39, 0.29) is 0 Å². The van der Waals surface area contributed by atoms with E-state index in [1.54, 1.807) is 6.20 Å². The van der Waals surface area contributed by atoms with Crippen molar-refractivity contribution < 1.29 is 9.26 Å². The standard InChI is InChI=1S/C12H17N3O2/c1-8(2)15-6-11(5-13-15)16-7-12-9(3)14-17-10(12)4/h5-6,8H,7H2,1-4H3. The number of ether oxygens (including phenoxy) is 1. The minimum Gasteiger partial charge on any atom is -0.485 e. The van der Waals surface area contributed by atoms with Crippen LogP contribution in [-0.4, -0.2) is 14.9 Å². The van der Waals surface area contributed by atoms with Crippen molar-refractivity contribution in [2.75, 3.05) is 0 Å². The number of rotatable bonds is 4. The molecule has 0 fully saturated rings. The Hall–Kier alpha value is -1.78. The minimum atomic E-state index is 0.339. The Morgan fingerprint density at radius 2 is 2.18 bits per heavy atom. The van der Waals surface area contributed by atoms with E-state index in [1.165, 1.54) is 0 Å². The Labute approximate surface area is 100 Å². The number of aryl methyl sites for hydroxylation is 2. The largest absolute Gasteiger partial charge is 0.485 e.